The Kier molecular flexibility index (Phi) is 19.7. The Morgan fingerprint density at radius 2 is 1.46 bits per heavy atom. The number of aryl methyl sites for hydroxylation is 1. The van der Waals surface area contributed by atoms with Crippen LogP contribution >= 0.6 is 11.3 Å². The summed E-state index contributed by atoms with van der Waals surface area (Å²) in [5.74, 6) is 0.134. The summed E-state index contributed by atoms with van der Waals surface area (Å²) < 4.78 is 6.39. The molecule has 3 aromatic carbocycles. The van der Waals surface area contributed by atoms with Crippen LogP contribution in [0.1, 0.15) is 128 Å². The van der Waals surface area contributed by atoms with Gasteiger partial charge in [-0.05, 0) is 92.5 Å². The number of para-hydroxylation sites is 1. The lowest BCUT2D eigenvalue weighted by Gasteiger charge is -2.37. The minimum Gasteiger partial charge on any atom is -0.507 e. The maximum Gasteiger partial charge on any atom is 0.246 e. The quantitative estimate of drug-likeness (QED) is 0.0410. The number of nitrogens with two attached hydrogens (primary N) is 1. The largest absolute Gasteiger partial charge is 0.507 e. The van der Waals surface area contributed by atoms with Crippen LogP contribution in [0.5, 0.6) is 11.5 Å². The number of nitrogen functional groups attached to an aromatic ring is 1. The number of piperidine rings is 1. The minimum atomic E-state index is -0.858. The molecule has 3 aliphatic rings. The average molecular weight is 1090 g/mol. The van der Waals surface area contributed by atoms with Gasteiger partial charge >= 0.3 is 0 Å². The summed E-state index contributed by atoms with van der Waals surface area (Å²) in [4.78, 5) is 67.8. The van der Waals surface area contributed by atoms with Crippen molar-refractivity contribution in [2.24, 2.45) is 5.41 Å². The fourth-order valence-corrected chi connectivity index (χ4v) is 11.7. The number of amides is 4. The lowest BCUT2D eigenvalue weighted by atomic mass is 9.85. The number of carbonyl (C=O) groups excluding carboxylic acids is 4. The van der Waals surface area contributed by atoms with E-state index in [0.29, 0.717) is 55.9 Å². The third kappa shape index (κ3) is 15.1. The summed E-state index contributed by atoms with van der Waals surface area (Å²) in [7, 11) is 0. The zero-order chi connectivity index (χ0) is 55.3. The number of aliphatic hydroxyl groups excluding tert-OH is 1. The molecule has 5 aromatic rings. The van der Waals surface area contributed by atoms with E-state index in [1.165, 1.54) is 4.90 Å². The number of rotatable bonds is 22. The van der Waals surface area contributed by atoms with Gasteiger partial charge < -0.3 is 50.9 Å². The Morgan fingerprint density at radius 1 is 0.808 bits per heavy atom. The zero-order valence-electron chi connectivity index (χ0n) is 46.2. The number of phenolic OH excluding ortho intramolecular Hbond substituents is 1. The van der Waals surface area contributed by atoms with Crippen LogP contribution in [0.2, 0.25) is 0 Å². The Hall–Kier alpha value is -6.79. The topological polar surface area (TPSA) is 220 Å². The number of thiazole rings is 1. The maximum absolute atomic E-state index is 14.1. The van der Waals surface area contributed by atoms with Crippen LogP contribution in [0.4, 0.5) is 17.2 Å². The van der Waals surface area contributed by atoms with E-state index in [1.54, 1.807) is 35.6 Å². The number of nitrogens with one attached hydrogen (secondary N) is 2. The molecule has 8 rings (SSSR count). The van der Waals surface area contributed by atoms with Gasteiger partial charge in [0.05, 0.1) is 34.8 Å². The van der Waals surface area contributed by atoms with E-state index in [0.717, 1.165) is 110 Å². The normalized spacial score (nSPS) is 18.6. The SMILES string of the molecule is Cc1ncsc1-c1ccc([C@H](C)NC(=O)[C@@H]2C[C@@H](O)CN2C(=O)[C@@H](NC(=O)CCCCCCCCCCC(=O)N2CCN(c3ccc(N4CCCC(Oc5cc(-c6ccccc6O)nnc5N)C4)cc3)CC2)C(C)(C)C)cc1. The molecule has 0 radical (unpaired) electrons. The highest BCUT2D eigenvalue weighted by Gasteiger charge is 2.45. The highest BCUT2D eigenvalue weighted by Crippen LogP contribution is 2.34. The van der Waals surface area contributed by atoms with Gasteiger partial charge in [0.25, 0.3) is 0 Å². The minimum absolute atomic E-state index is 0.0268. The van der Waals surface area contributed by atoms with Gasteiger partial charge in [0.1, 0.15) is 29.6 Å². The van der Waals surface area contributed by atoms with Gasteiger partial charge in [-0.25, -0.2) is 4.98 Å². The van der Waals surface area contributed by atoms with E-state index in [2.05, 4.69) is 59.9 Å². The van der Waals surface area contributed by atoms with Crippen molar-refractivity contribution in [3.63, 3.8) is 0 Å². The van der Waals surface area contributed by atoms with Crippen LogP contribution in [0.15, 0.2) is 84.4 Å². The van der Waals surface area contributed by atoms with E-state index in [-0.39, 0.29) is 60.3 Å². The first-order valence-corrected chi connectivity index (χ1v) is 28.9. The van der Waals surface area contributed by atoms with Crippen LogP contribution < -0.4 is 30.9 Å². The number of piperazine rings is 1. The first-order chi connectivity index (χ1) is 37.5. The van der Waals surface area contributed by atoms with Crippen molar-refractivity contribution < 1.29 is 34.1 Å². The maximum atomic E-state index is 14.1. The molecule has 2 aromatic heterocycles. The lowest BCUT2D eigenvalue weighted by molar-refractivity contribution is -0.144. The smallest absolute Gasteiger partial charge is 0.246 e. The van der Waals surface area contributed by atoms with Crippen LogP contribution in [0.3, 0.4) is 0 Å². The molecular weight excluding hydrogens is 1000 g/mol. The molecule has 4 amide bonds. The second-order valence-electron chi connectivity index (χ2n) is 22.4. The molecule has 3 aliphatic heterocycles. The second kappa shape index (κ2) is 26.7. The number of ether oxygens (including phenoxy) is 1. The van der Waals surface area contributed by atoms with Crippen molar-refractivity contribution in [2.45, 2.75) is 148 Å². The Balaban J connectivity index is 0.677. The molecule has 0 aliphatic carbocycles. The number of nitrogens with zero attached hydrogens (tertiary/aromatic N) is 7. The molecule has 78 heavy (non-hydrogen) atoms. The molecule has 1 unspecified atom stereocenters. The van der Waals surface area contributed by atoms with Crippen molar-refractivity contribution in [1.29, 1.82) is 0 Å². The first-order valence-electron chi connectivity index (χ1n) is 28.1. The van der Waals surface area contributed by atoms with Gasteiger partial charge in [0, 0.05) is 81.5 Å². The van der Waals surface area contributed by atoms with Crippen LogP contribution in [-0.2, 0) is 19.2 Å². The van der Waals surface area contributed by atoms with Crippen molar-refractivity contribution >= 4 is 52.2 Å². The van der Waals surface area contributed by atoms with Crippen molar-refractivity contribution in [2.75, 3.05) is 61.3 Å². The van der Waals surface area contributed by atoms with Gasteiger partial charge in [-0.3, -0.25) is 19.2 Å². The standard InChI is InChI=1S/C60H80N10O7S/c1-40(42-22-24-43(25-23-42)55-41(2)62-39-78-55)63-58(75)50-35-46(71)37-70(50)59(76)56(60(3,4)5)64-53(73)20-12-10-8-6-7-9-11-13-21-54(74)68-33-31-67(32-34-68)44-26-28-45(29-27-44)69-30-16-17-47(38-69)77-52-36-49(65-66-57(52)61)48-18-14-15-19-51(48)72/h14-15,18-19,22-29,36,39-40,46-47,50,56,71-72H,6-13,16-17,20-21,30-35,37-38H2,1-5H3,(H2,61,66)(H,63,75)(H,64,73)/t40-,46+,47?,50-,56+/m0/s1. The third-order valence-electron chi connectivity index (χ3n) is 15.5. The number of aromatic hydroxyl groups is 1. The fourth-order valence-electron chi connectivity index (χ4n) is 10.9. The predicted molar refractivity (Wildman–Crippen MR) is 307 cm³/mol. The highest BCUT2D eigenvalue weighted by molar-refractivity contribution is 7.13. The Labute approximate surface area is 464 Å². The lowest BCUT2D eigenvalue weighted by Crippen LogP contribution is -2.57. The second-order valence-corrected chi connectivity index (χ2v) is 23.3. The molecule has 18 heteroatoms. The molecular formula is C60H80N10O7S. The number of hydrogen-bond donors (Lipinski definition) is 5. The number of benzene rings is 3. The molecule has 6 N–H and O–H groups in total. The number of aliphatic hydroxyl groups is 1. The van der Waals surface area contributed by atoms with E-state index < -0.39 is 23.6 Å². The summed E-state index contributed by atoms with van der Waals surface area (Å²) in [5.41, 5.74) is 13.7. The van der Waals surface area contributed by atoms with Crippen LogP contribution in [0, 0.1) is 12.3 Å². The number of likely N-dealkylation sites (tertiary alicyclic amines) is 1. The van der Waals surface area contributed by atoms with Gasteiger partial charge in [0.15, 0.2) is 11.6 Å². The molecule has 0 saturated carbocycles. The van der Waals surface area contributed by atoms with Crippen LogP contribution in [0.25, 0.3) is 21.7 Å². The molecule has 3 fully saturated rings. The number of unbranched alkanes of at least 4 members (excludes halogenated alkanes) is 7. The average Bonchev–Trinajstić information content (AvgIpc) is 4.06. The molecule has 5 atom stereocenters. The van der Waals surface area contributed by atoms with E-state index in [1.807, 2.05) is 75.4 Å². The predicted octanol–water partition coefficient (Wildman–Crippen LogP) is 8.83. The Bertz CT molecular complexity index is 2800. The highest BCUT2D eigenvalue weighted by atomic mass is 32.1. The van der Waals surface area contributed by atoms with Crippen molar-refractivity contribution in [3.8, 4) is 33.2 Å². The summed E-state index contributed by atoms with van der Waals surface area (Å²) in [6.07, 6.45) is 9.67. The summed E-state index contributed by atoms with van der Waals surface area (Å²) in [6, 6.07) is 23.4. The molecule has 0 bridgehead atoms. The van der Waals surface area contributed by atoms with Gasteiger partial charge in [-0.15, -0.1) is 21.5 Å². The first kappa shape index (κ1) is 57.4. The molecule has 418 valence electrons. The molecule has 5 heterocycles. The van der Waals surface area contributed by atoms with Crippen LogP contribution in [-0.4, -0.2) is 129 Å². The number of β-amino-alcohol motifs (C(OH)–C–C–N with tert-alkyl or cyclic N) is 1. The summed E-state index contributed by atoms with van der Waals surface area (Å²) in [5, 5.41) is 35.3. The monoisotopic (exact) mass is 1080 g/mol. The van der Waals surface area contributed by atoms with E-state index >= 15 is 0 Å². The summed E-state index contributed by atoms with van der Waals surface area (Å²) in [6.45, 7) is 14.2. The Morgan fingerprint density at radius 3 is 2.12 bits per heavy atom. The van der Waals surface area contributed by atoms with Crippen molar-refractivity contribution in [1.82, 2.24) is 35.6 Å². The molecule has 17 nitrogen and oxygen atoms in total. The number of hydrogen-bond acceptors (Lipinski definition) is 14. The number of phenols is 1. The van der Waals surface area contributed by atoms with Gasteiger partial charge in [0.2, 0.25) is 23.6 Å². The molecule has 3 saturated heterocycles. The zero-order valence-corrected chi connectivity index (χ0v) is 47.0. The number of anilines is 3. The van der Waals surface area contributed by atoms with Gasteiger partial charge in [-0.1, -0.05) is 95.7 Å². The third-order valence-corrected chi connectivity index (χ3v) is 16.4. The van der Waals surface area contributed by atoms with Crippen molar-refractivity contribution in [3.05, 3.63) is 95.6 Å². The van der Waals surface area contributed by atoms with E-state index in [9.17, 15) is 29.4 Å². The number of aromatic nitrogens is 3. The van der Waals surface area contributed by atoms with E-state index in [4.69, 9.17) is 10.5 Å². The fraction of sp³-hybridized carbons (Fsp3) is 0.517. The van der Waals surface area contributed by atoms with Gasteiger partial charge in [-0.2, -0.15) is 0 Å². The number of carbonyl (C=O) groups is 4. The summed E-state index contributed by atoms with van der Waals surface area (Å²) >= 11 is 1.59. The molecule has 0 spiro atoms.